The van der Waals surface area contributed by atoms with Gasteiger partial charge >= 0.3 is 6.03 Å². The number of carbonyl (C=O) groups excluding carboxylic acids is 3. The van der Waals surface area contributed by atoms with E-state index in [1.165, 1.54) is 5.56 Å². The zero-order valence-electron chi connectivity index (χ0n) is 15.7. The molecular formula is C20H28N4O3. The minimum atomic E-state index is -0.408. The molecule has 1 saturated heterocycles. The van der Waals surface area contributed by atoms with E-state index in [1.54, 1.807) is 0 Å². The number of nitrogens with zero attached hydrogens (tertiary/aromatic N) is 2. The number of nitrogens with one attached hydrogen (secondary N) is 2. The van der Waals surface area contributed by atoms with Crippen LogP contribution < -0.4 is 10.6 Å². The molecule has 0 aromatic heterocycles. The van der Waals surface area contributed by atoms with Crippen molar-refractivity contribution in [3.63, 3.8) is 0 Å². The van der Waals surface area contributed by atoms with E-state index in [4.69, 9.17) is 0 Å². The Labute approximate surface area is 160 Å². The lowest BCUT2D eigenvalue weighted by molar-refractivity contribution is -0.133. The fourth-order valence-corrected chi connectivity index (χ4v) is 3.22. The van der Waals surface area contributed by atoms with Crippen molar-refractivity contribution in [1.82, 2.24) is 20.4 Å². The highest BCUT2D eigenvalue weighted by Crippen LogP contribution is 2.18. The molecule has 1 saturated carbocycles. The number of rotatable bonds is 7. The third-order valence-corrected chi connectivity index (χ3v) is 4.96. The zero-order valence-corrected chi connectivity index (χ0v) is 15.7. The maximum absolute atomic E-state index is 12.3. The predicted molar refractivity (Wildman–Crippen MR) is 102 cm³/mol. The first-order valence-corrected chi connectivity index (χ1v) is 9.74. The van der Waals surface area contributed by atoms with Crippen LogP contribution in [0.5, 0.6) is 0 Å². The summed E-state index contributed by atoms with van der Waals surface area (Å²) < 4.78 is 0. The molecule has 1 aromatic carbocycles. The second kappa shape index (κ2) is 9.50. The quantitative estimate of drug-likeness (QED) is 0.752. The Bertz CT molecular complexity index is 652. The summed E-state index contributed by atoms with van der Waals surface area (Å²) in [6, 6.07) is 10.0. The third kappa shape index (κ3) is 6.67. The van der Waals surface area contributed by atoms with E-state index in [2.05, 4.69) is 22.8 Å². The van der Waals surface area contributed by atoms with Crippen molar-refractivity contribution in [3.05, 3.63) is 35.9 Å². The average Bonchev–Trinajstić information content (AvgIpc) is 3.46. The molecular weight excluding hydrogens is 344 g/mol. The molecule has 7 heteroatoms. The van der Waals surface area contributed by atoms with Gasteiger partial charge in [0.05, 0.1) is 6.54 Å². The van der Waals surface area contributed by atoms with E-state index >= 15 is 0 Å². The van der Waals surface area contributed by atoms with Gasteiger partial charge in [0.25, 0.3) is 0 Å². The molecule has 3 rings (SSSR count). The Balaban J connectivity index is 1.30. The maximum atomic E-state index is 12.3. The van der Waals surface area contributed by atoms with Gasteiger partial charge < -0.3 is 10.2 Å². The number of hydrogen-bond donors (Lipinski definition) is 2. The number of imide groups is 1. The van der Waals surface area contributed by atoms with E-state index in [9.17, 15) is 14.4 Å². The van der Waals surface area contributed by atoms with Crippen molar-refractivity contribution in [2.75, 3.05) is 32.7 Å². The summed E-state index contributed by atoms with van der Waals surface area (Å²) in [5, 5.41) is 5.10. The molecule has 0 atom stereocenters. The van der Waals surface area contributed by atoms with Crippen LogP contribution in [0.3, 0.4) is 0 Å². The molecule has 0 bridgehead atoms. The van der Waals surface area contributed by atoms with E-state index in [0.29, 0.717) is 32.6 Å². The SMILES string of the molecule is O=C(CN1CCN(C(=O)CCCc2ccccc2)CC1)NC(=O)NC1CC1. The molecule has 1 aliphatic carbocycles. The van der Waals surface area contributed by atoms with E-state index in [-0.39, 0.29) is 24.4 Å². The molecule has 2 aliphatic rings. The smallest absolute Gasteiger partial charge is 0.321 e. The summed E-state index contributed by atoms with van der Waals surface area (Å²) in [5.74, 6) is -0.116. The van der Waals surface area contributed by atoms with Crippen LogP contribution in [0.4, 0.5) is 4.79 Å². The monoisotopic (exact) mass is 372 g/mol. The van der Waals surface area contributed by atoms with Crippen molar-refractivity contribution >= 4 is 17.8 Å². The second-order valence-corrected chi connectivity index (χ2v) is 7.29. The van der Waals surface area contributed by atoms with Crippen molar-refractivity contribution < 1.29 is 14.4 Å². The van der Waals surface area contributed by atoms with Gasteiger partial charge in [-0.05, 0) is 31.2 Å². The van der Waals surface area contributed by atoms with E-state index in [0.717, 1.165) is 25.7 Å². The summed E-state index contributed by atoms with van der Waals surface area (Å²) in [5.41, 5.74) is 1.26. The summed E-state index contributed by atoms with van der Waals surface area (Å²) in [4.78, 5) is 39.7. The first-order valence-electron chi connectivity index (χ1n) is 9.74. The van der Waals surface area contributed by atoms with Crippen molar-refractivity contribution in [3.8, 4) is 0 Å². The minimum absolute atomic E-state index is 0.179. The molecule has 7 nitrogen and oxygen atoms in total. The number of amides is 4. The van der Waals surface area contributed by atoms with Gasteiger partial charge in [0, 0.05) is 38.6 Å². The fraction of sp³-hybridized carbons (Fsp3) is 0.550. The molecule has 0 radical (unpaired) electrons. The standard InChI is InChI=1S/C20H28N4O3/c25-18(22-20(27)21-17-9-10-17)15-23-11-13-24(14-12-23)19(26)8-4-7-16-5-2-1-3-6-16/h1-3,5-6,17H,4,7-15H2,(H2,21,22,25,27). The van der Waals surface area contributed by atoms with Crippen molar-refractivity contribution in [2.24, 2.45) is 0 Å². The van der Waals surface area contributed by atoms with Crippen LogP contribution in [0.2, 0.25) is 0 Å². The van der Waals surface area contributed by atoms with Crippen LogP contribution in [-0.2, 0) is 16.0 Å². The van der Waals surface area contributed by atoms with Crippen LogP contribution in [0.1, 0.15) is 31.2 Å². The Morgan fingerprint density at radius 1 is 1.00 bits per heavy atom. The topological polar surface area (TPSA) is 81.8 Å². The van der Waals surface area contributed by atoms with Crippen LogP contribution >= 0.6 is 0 Å². The van der Waals surface area contributed by atoms with Gasteiger partial charge in [-0.2, -0.15) is 0 Å². The number of urea groups is 1. The van der Waals surface area contributed by atoms with E-state index < -0.39 is 6.03 Å². The van der Waals surface area contributed by atoms with Gasteiger partial charge in [-0.25, -0.2) is 4.79 Å². The highest BCUT2D eigenvalue weighted by Gasteiger charge is 2.25. The highest BCUT2D eigenvalue weighted by atomic mass is 16.2. The van der Waals surface area contributed by atoms with Gasteiger partial charge in [-0.3, -0.25) is 19.8 Å². The summed E-state index contributed by atoms with van der Waals surface area (Å²) in [7, 11) is 0. The van der Waals surface area contributed by atoms with Gasteiger partial charge in [-0.1, -0.05) is 30.3 Å². The Morgan fingerprint density at radius 2 is 1.70 bits per heavy atom. The van der Waals surface area contributed by atoms with Crippen molar-refractivity contribution in [2.45, 2.75) is 38.1 Å². The number of carbonyl (C=O) groups is 3. The molecule has 146 valence electrons. The van der Waals surface area contributed by atoms with Crippen LogP contribution in [0.15, 0.2) is 30.3 Å². The molecule has 2 N–H and O–H groups in total. The molecule has 27 heavy (non-hydrogen) atoms. The summed E-state index contributed by atoms with van der Waals surface area (Å²) in [6.45, 7) is 2.76. The lowest BCUT2D eigenvalue weighted by atomic mass is 10.1. The molecule has 0 spiro atoms. The number of hydrogen-bond acceptors (Lipinski definition) is 4. The van der Waals surface area contributed by atoms with E-state index in [1.807, 2.05) is 28.0 Å². The van der Waals surface area contributed by atoms with Gasteiger partial charge in [0.1, 0.15) is 0 Å². The lowest BCUT2D eigenvalue weighted by Gasteiger charge is -2.34. The molecule has 4 amide bonds. The van der Waals surface area contributed by atoms with Gasteiger partial charge in [-0.15, -0.1) is 0 Å². The maximum Gasteiger partial charge on any atom is 0.321 e. The predicted octanol–water partition coefficient (Wildman–Crippen LogP) is 1.14. The zero-order chi connectivity index (χ0) is 19.1. The Hall–Kier alpha value is -2.41. The molecule has 1 aliphatic heterocycles. The average molecular weight is 372 g/mol. The number of benzene rings is 1. The third-order valence-electron chi connectivity index (χ3n) is 4.96. The summed E-state index contributed by atoms with van der Waals surface area (Å²) >= 11 is 0. The highest BCUT2D eigenvalue weighted by molar-refractivity contribution is 5.95. The first-order chi connectivity index (χ1) is 13.1. The Morgan fingerprint density at radius 3 is 2.37 bits per heavy atom. The Kier molecular flexibility index (Phi) is 6.81. The minimum Gasteiger partial charge on any atom is -0.340 e. The fourth-order valence-electron chi connectivity index (χ4n) is 3.22. The molecule has 0 unspecified atom stereocenters. The largest absolute Gasteiger partial charge is 0.340 e. The van der Waals surface area contributed by atoms with Crippen LogP contribution in [0.25, 0.3) is 0 Å². The normalized spacial score (nSPS) is 17.4. The first kappa shape index (κ1) is 19.4. The number of aryl methyl sites for hydroxylation is 1. The molecule has 2 fully saturated rings. The second-order valence-electron chi connectivity index (χ2n) is 7.29. The van der Waals surface area contributed by atoms with Gasteiger partial charge in [0.2, 0.25) is 11.8 Å². The van der Waals surface area contributed by atoms with Crippen molar-refractivity contribution in [1.29, 1.82) is 0 Å². The summed E-state index contributed by atoms with van der Waals surface area (Å²) in [6.07, 6.45) is 4.29. The number of piperazine rings is 1. The van der Waals surface area contributed by atoms with Crippen LogP contribution in [-0.4, -0.2) is 66.4 Å². The molecule has 1 heterocycles. The van der Waals surface area contributed by atoms with Gasteiger partial charge in [0.15, 0.2) is 0 Å². The molecule has 1 aromatic rings. The van der Waals surface area contributed by atoms with Crippen LogP contribution in [0, 0.1) is 0 Å². The lowest BCUT2D eigenvalue weighted by Crippen LogP contribution is -2.52.